The Morgan fingerprint density at radius 2 is 1.92 bits per heavy atom. The first-order chi connectivity index (χ1) is 17.3. The zero-order valence-electron chi connectivity index (χ0n) is 20.8. The number of aromatic nitrogens is 1. The van der Waals surface area contributed by atoms with E-state index in [1.54, 1.807) is 29.3 Å². The van der Waals surface area contributed by atoms with E-state index in [1.807, 2.05) is 24.3 Å². The molecule has 0 unspecified atom stereocenters. The van der Waals surface area contributed by atoms with E-state index in [1.165, 1.54) is 11.6 Å². The Balaban J connectivity index is 1.29. The van der Waals surface area contributed by atoms with Gasteiger partial charge in [0.05, 0.1) is 12.2 Å². The molecule has 5 rings (SSSR count). The largest absolute Gasteiger partial charge is 0.457 e. The summed E-state index contributed by atoms with van der Waals surface area (Å²) in [6.45, 7) is 8.69. The van der Waals surface area contributed by atoms with Gasteiger partial charge in [0.25, 0.3) is 0 Å². The highest BCUT2D eigenvalue weighted by Crippen LogP contribution is 2.29. The quantitative estimate of drug-likeness (QED) is 0.527. The average molecular weight is 488 g/mol. The van der Waals surface area contributed by atoms with Crippen molar-refractivity contribution in [1.29, 1.82) is 0 Å². The number of halogens is 1. The number of carbonyl (C=O) groups is 1. The van der Waals surface area contributed by atoms with Crippen LogP contribution in [0.15, 0.2) is 59.7 Å². The fourth-order valence-corrected chi connectivity index (χ4v) is 4.36. The van der Waals surface area contributed by atoms with Crippen LogP contribution >= 0.6 is 0 Å². The fourth-order valence-electron chi connectivity index (χ4n) is 4.36. The number of ether oxygens (including phenoxy) is 1. The molecule has 3 aromatic rings. The lowest BCUT2D eigenvalue weighted by Gasteiger charge is -2.29. The predicted octanol–water partition coefficient (Wildman–Crippen LogP) is 5.25. The van der Waals surface area contributed by atoms with Gasteiger partial charge in [-0.15, -0.1) is 0 Å². The SMILES string of the molecule is CC(C)(C)c1ccc(F)c(NC(=O)N2CCc3ccc(Oc4ccnc(C5=NCCN5)c4)cc3C2)c1. The third kappa shape index (κ3) is 5.17. The minimum absolute atomic E-state index is 0.149. The third-order valence-corrected chi connectivity index (χ3v) is 6.44. The van der Waals surface area contributed by atoms with Gasteiger partial charge in [-0.1, -0.05) is 32.9 Å². The summed E-state index contributed by atoms with van der Waals surface area (Å²) in [4.78, 5) is 23.5. The lowest BCUT2D eigenvalue weighted by molar-refractivity contribution is 0.206. The van der Waals surface area contributed by atoms with Crippen LogP contribution in [0.3, 0.4) is 0 Å². The smallest absolute Gasteiger partial charge is 0.322 e. The number of nitrogens with zero attached hydrogens (tertiary/aromatic N) is 3. The molecule has 2 aromatic carbocycles. The molecule has 0 saturated heterocycles. The number of nitrogens with one attached hydrogen (secondary N) is 2. The van der Waals surface area contributed by atoms with Crippen LogP contribution in [0.25, 0.3) is 0 Å². The summed E-state index contributed by atoms with van der Waals surface area (Å²) in [5, 5.41) is 5.98. The topological polar surface area (TPSA) is 78.9 Å². The lowest BCUT2D eigenvalue weighted by atomic mass is 9.87. The number of amidine groups is 1. The van der Waals surface area contributed by atoms with E-state index in [4.69, 9.17) is 4.74 Å². The Hall–Kier alpha value is -3.94. The van der Waals surface area contributed by atoms with E-state index in [2.05, 4.69) is 41.4 Å². The minimum Gasteiger partial charge on any atom is -0.457 e. The van der Waals surface area contributed by atoms with Crippen LogP contribution < -0.4 is 15.4 Å². The molecule has 36 heavy (non-hydrogen) atoms. The van der Waals surface area contributed by atoms with E-state index >= 15 is 0 Å². The van der Waals surface area contributed by atoms with E-state index in [-0.39, 0.29) is 17.1 Å². The Kier molecular flexibility index (Phi) is 6.35. The molecule has 186 valence electrons. The number of urea groups is 1. The fraction of sp³-hybridized carbons (Fsp3) is 0.321. The molecular weight excluding hydrogens is 457 g/mol. The van der Waals surface area contributed by atoms with Gasteiger partial charge in [-0.3, -0.25) is 9.98 Å². The summed E-state index contributed by atoms with van der Waals surface area (Å²) in [6.07, 6.45) is 2.42. The number of hydrogen-bond acceptors (Lipinski definition) is 5. The highest BCUT2D eigenvalue weighted by Gasteiger charge is 2.23. The van der Waals surface area contributed by atoms with Gasteiger partial charge in [0.15, 0.2) is 0 Å². The number of aliphatic imine (C=N–C) groups is 1. The summed E-state index contributed by atoms with van der Waals surface area (Å²) in [6, 6.07) is 14.2. The van der Waals surface area contributed by atoms with E-state index < -0.39 is 5.82 Å². The van der Waals surface area contributed by atoms with Crippen molar-refractivity contribution in [1.82, 2.24) is 15.2 Å². The first-order valence-corrected chi connectivity index (χ1v) is 12.2. The Bertz CT molecular complexity index is 1330. The van der Waals surface area contributed by atoms with Crippen LogP contribution in [0.1, 0.15) is 43.2 Å². The zero-order valence-corrected chi connectivity index (χ0v) is 20.8. The van der Waals surface area contributed by atoms with Gasteiger partial charge in [0, 0.05) is 31.9 Å². The van der Waals surface area contributed by atoms with Gasteiger partial charge in [-0.25, -0.2) is 9.18 Å². The molecule has 0 aliphatic carbocycles. The van der Waals surface area contributed by atoms with E-state index in [9.17, 15) is 9.18 Å². The second-order valence-electron chi connectivity index (χ2n) is 10.1. The van der Waals surface area contributed by atoms with Gasteiger partial charge >= 0.3 is 6.03 Å². The van der Waals surface area contributed by atoms with Crippen molar-refractivity contribution in [3.8, 4) is 11.5 Å². The molecule has 0 bridgehead atoms. The molecule has 8 heteroatoms. The van der Waals surface area contributed by atoms with Gasteiger partial charge in [0.1, 0.15) is 28.8 Å². The molecule has 0 radical (unpaired) electrons. The number of pyridine rings is 1. The second-order valence-corrected chi connectivity index (χ2v) is 10.1. The summed E-state index contributed by atoms with van der Waals surface area (Å²) in [7, 11) is 0. The van der Waals surface area contributed by atoms with Crippen molar-refractivity contribution in [2.45, 2.75) is 39.2 Å². The van der Waals surface area contributed by atoms with Crippen molar-refractivity contribution >= 4 is 17.6 Å². The third-order valence-electron chi connectivity index (χ3n) is 6.44. The van der Waals surface area contributed by atoms with Crippen LogP contribution in [0.4, 0.5) is 14.9 Å². The predicted molar refractivity (Wildman–Crippen MR) is 138 cm³/mol. The molecule has 7 nitrogen and oxygen atoms in total. The molecule has 2 amide bonds. The van der Waals surface area contributed by atoms with Crippen molar-refractivity contribution < 1.29 is 13.9 Å². The number of anilines is 1. The number of hydrogen-bond donors (Lipinski definition) is 2. The lowest BCUT2D eigenvalue weighted by Crippen LogP contribution is -2.39. The molecule has 0 atom stereocenters. The number of amides is 2. The summed E-state index contributed by atoms with van der Waals surface area (Å²) >= 11 is 0. The molecular formula is C28H30FN5O2. The Morgan fingerprint density at radius 1 is 1.08 bits per heavy atom. The molecule has 2 aliphatic rings. The van der Waals surface area contributed by atoms with Crippen molar-refractivity contribution in [3.63, 3.8) is 0 Å². The molecule has 1 aromatic heterocycles. The van der Waals surface area contributed by atoms with E-state index in [0.29, 0.717) is 24.6 Å². The van der Waals surface area contributed by atoms with Gasteiger partial charge in [-0.05, 0) is 58.9 Å². The number of fused-ring (bicyclic) bond motifs is 1. The second kappa shape index (κ2) is 9.60. The standard InChI is InChI=1S/C28H30FN5O2/c1-28(2,3)20-5-7-23(29)24(15-20)33-27(35)34-13-9-18-4-6-21(14-19(18)17-34)36-22-8-10-30-25(16-22)26-31-11-12-32-26/h4-8,10,14-16H,9,11-13,17H2,1-3H3,(H,31,32)(H,33,35). The summed E-state index contributed by atoms with van der Waals surface area (Å²) < 4.78 is 20.6. The minimum atomic E-state index is -0.445. The van der Waals surface area contributed by atoms with Crippen molar-refractivity contribution in [2.24, 2.45) is 4.99 Å². The first kappa shape index (κ1) is 23.8. The number of carbonyl (C=O) groups excluding carboxylic acids is 1. The first-order valence-electron chi connectivity index (χ1n) is 12.2. The number of rotatable bonds is 4. The average Bonchev–Trinajstić information content (AvgIpc) is 3.39. The molecule has 0 fully saturated rings. The normalized spacial score (nSPS) is 15.1. The van der Waals surface area contributed by atoms with Crippen LogP contribution in [-0.4, -0.2) is 41.4 Å². The molecule has 2 aliphatic heterocycles. The highest BCUT2D eigenvalue weighted by molar-refractivity contribution is 5.98. The Labute approximate surface area is 210 Å². The summed E-state index contributed by atoms with van der Waals surface area (Å²) in [5.74, 6) is 1.67. The van der Waals surface area contributed by atoms with Gasteiger partial charge in [-0.2, -0.15) is 0 Å². The maximum absolute atomic E-state index is 14.4. The highest BCUT2D eigenvalue weighted by atomic mass is 19.1. The summed E-state index contributed by atoms with van der Waals surface area (Å²) in [5.41, 5.74) is 3.93. The maximum atomic E-state index is 14.4. The molecule has 3 heterocycles. The van der Waals surface area contributed by atoms with Crippen LogP contribution in [0.5, 0.6) is 11.5 Å². The van der Waals surface area contributed by atoms with Crippen molar-refractivity contribution in [3.05, 3.63) is 82.9 Å². The molecule has 0 spiro atoms. The molecule has 0 saturated carbocycles. The van der Waals surface area contributed by atoms with E-state index in [0.717, 1.165) is 42.2 Å². The van der Waals surface area contributed by atoms with Gasteiger partial charge in [0.2, 0.25) is 0 Å². The maximum Gasteiger partial charge on any atom is 0.322 e. The molecule has 2 N–H and O–H groups in total. The van der Waals surface area contributed by atoms with Gasteiger partial charge < -0.3 is 20.3 Å². The number of benzene rings is 2. The van der Waals surface area contributed by atoms with Crippen LogP contribution in [-0.2, 0) is 18.4 Å². The van der Waals surface area contributed by atoms with Crippen molar-refractivity contribution in [2.75, 3.05) is 25.0 Å². The van der Waals surface area contributed by atoms with Crippen LogP contribution in [0.2, 0.25) is 0 Å². The zero-order chi connectivity index (χ0) is 25.3. The monoisotopic (exact) mass is 487 g/mol. The Morgan fingerprint density at radius 3 is 2.69 bits per heavy atom. The van der Waals surface area contributed by atoms with Crippen LogP contribution in [0, 0.1) is 5.82 Å².